The second kappa shape index (κ2) is 10.7. The summed E-state index contributed by atoms with van der Waals surface area (Å²) < 4.78 is 6.52. The van der Waals surface area contributed by atoms with E-state index >= 15 is 0 Å². The number of rotatable bonds is 5. The molecule has 0 fully saturated rings. The van der Waals surface area contributed by atoms with E-state index in [0.717, 1.165) is 12.8 Å². The molecule has 0 bridgehead atoms. The van der Waals surface area contributed by atoms with E-state index in [1.54, 1.807) is 9.08 Å². The van der Waals surface area contributed by atoms with Gasteiger partial charge in [-0.25, -0.2) is 0 Å². The first-order valence-electron chi connectivity index (χ1n) is 15.6. The fraction of sp³-hybridized carbons (Fsp3) is 0.400. The van der Waals surface area contributed by atoms with Gasteiger partial charge in [0, 0.05) is 11.3 Å². The zero-order valence-electron chi connectivity index (χ0n) is 26.2. The minimum absolute atomic E-state index is 0.0351. The number of hydrogen-bond acceptors (Lipinski definition) is 0. The highest BCUT2D eigenvalue weighted by molar-refractivity contribution is 14.2. The second-order valence-corrected chi connectivity index (χ2v) is 18.2. The number of benzene rings is 3. The van der Waals surface area contributed by atoms with Gasteiger partial charge >= 0.3 is 0 Å². The van der Waals surface area contributed by atoms with Crippen LogP contribution in [0.1, 0.15) is 107 Å². The molecule has 0 amide bonds. The molecule has 0 radical (unpaired) electrons. The van der Waals surface area contributed by atoms with E-state index in [1.165, 1.54) is 57.4 Å². The van der Waals surface area contributed by atoms with Crippen molar-refractivity contribution < 1.29 is 0 Å². The van der Waals surface area contributed by atoms with E-state index in [2.05, 4.69) is 125 Å². The van der Waals surface area contributed by atoms with Crippen LogP contribution < -0.4 is 0 Å². The van der Waals surface area contributed by atoms with Crippen LogP contribution in [-0.4, -0.2) is 13.0 Å². The summed E-state index contributed by atoms with van der Waals surface area (Å²) in [6.45, 7) is 14.5. The highest BCUT2D eigenvalue weighted by Gasteiger charge is 2.46. The summed E-state index contributed by atoms with van der Waals surface area (Å²) in [6, 6.07) is 25.7. The number of halogens is 1. The Morgan fingerprint density at radius 1 is 0.951 bits per heavy atom. The van der Waals surface area contributed by atoms with Crippen molar-refractivity contribution in [3.63, 3.8) is 0 Å². The van der Waals surface area contributed by atoms with Crippen LogP contribution in [0.15, 0.2) is 84.5 Å². The molecule has 3 aliphatic carbocycles. The van der Waals surface area contributed by atoms with E-state index in [-0.39, 0.29) is 10.8 Å². The van der Waals surface area contributed by atoms with E-state index < -0.39 is 18.9 Å². The Balaban J connectivity index is 1.36. The molecule has 3 aromatic carbocycles. The predicted octanol–water partition coefficient (Wildman–Crippen LogP) is 11.3. The third kappa shape index (κ3) is 4.71. The van der Waals surface area contributed by atoms with Gasteiger partial charge in [0.25, 0.3) is 0 Å². The lowest BCUT2D eigenvalue weighted by molar-refractivity contribution is 0.258. The van der Waals surface area contributed by atoms with Crippen LogP contribution in [0.2, 0.25) is 0 Å². The van der Waals surface area contributed by atoms with Gasteiger partial charge in [-0.3, -0.25) is 0 Å². The lowest BCUT2D eigenvalue weighted by Crippen LogP contribution is -2.39. The Kier molecular flexibility index (Phi) is 7.50. The lowest BCUT2D eigenvalue weighted by atomic mass is 9.54. The number of fused-ring (bicyclic) bond motifs is 4. The largest absolute Gasteiger partial charge is 0.156 e. The summed E-state index contributed by atoms with van der Waals surface area (Å²) in [5, 5.41) is 0. The van der Waals surface area contributed by atoms with Crippen LogP contribution in [-0.2, 0) is 0 Å². The molecule has 0 aromatic heterocycles. The van der Waals surface area contributed by atoms with Gasteiger partial charge < -0.3 is 0 Å². The summed E-state index contributed by atoms with van der Waals surface area (Å²) in [7, 11) is 0. The molecular formula is C40H47I. The molecule has 0 heterocycles. The Labute approximate surface area is 255 Å². The second-order valence-electron chi connectivity index (χ2n) is 13.7. The molecule has 1 heteroatoms. The van der Waals surface area contributed by atoms with Crippen molar-refractivity contribution in [2.45, 2.75) is 79.1 Å². The van der Waals surface area contributed by atoms with Gasteiger partial charge in [0.1, 0.15) is 0 Å². The molecule has 0 nitrogen and oxygen atoms in total. The average molecular weight is 655 g/mol. The third-order valence-corrected chi connectivity index (χ3v) is 14.1. The van der Waals surface area contributed by atoms with E-state index in [4.69, 9.17) is 4.51 Å². The molecule has 0 saturated carbocycles. The Hall–Kier alpha value is -2.39. The number of allylic oxidation sites excluding steroid dienone is 4. The Morgan fingerprint density at radius 3 is 2.37 bits per heavy atom. The Morgan fingerprint density at radius 2 is 1.66 bits per heavy atom. The normalized spacial score (nSPS) is 26.2. The molecule has 2 unspecified atom stereocenters. The quantitative estimate of drug-likeness (QED) is 0.146. The predicted molar refractivity (Wildman–Crippen MR) is 191 cm³/mol. The van der Waals surface area contributed by atoms with Crippen molar-refractivity contribution in [1.29, 1.82) is 0 Å². The monoisotopic (exact) mass is 654 g/mol. The smallest absolute Gasteiger partial charge is 0.0113 e. The summed E-state index contributed by atoms with van der Waals surface area (Å²) >= 11 is -1.53. The van der Waals surface area contributed by atoms with Gasteiger partial charge in [0.15, 0.2) is 0 Å². The molecule has 0 spiro atoms. The number of hydrogen-bond donors (Lipinski definition) is 0. The zero-order chi connectivity index (χ0) is 29.1. The maximum absolute atomic E-state index is 4.81. The van der Waals surface area contributed by atoms with Crippen molar-refractivity contribution in [3.8, 4) is 11.1 Å². The van der Waals surface area contributed by atoms with E-state index in [0.29, 0.717) is 17.8 Å². The summed E-state index contributed by atoms with van der Waals surface area (Å²) in [6.07, 6.45) is 9.92. The molecule has 6 rings (SSSR count). The fourth-order valence-corrected chi connectivity index (χ4v) is 11.8. The molecule has 0 saturated heterocycles. The van der Waals surface area contributed by atoms with Crippen molar-refractivity contribution in [2.24, 2.45) is 16.7 Å². The molecular weight excluding hydrogens is 607 g/mol. The van der Waals surface area contributed by atoms with Crippen LogP contribution in [0.25, 0.3) is 16.7 Å². The van der Waals surface area contributed by atoms with Crippen molar-refractivity contribution in [3.05, 3.63) is 112 Å². The first-order chi connectivity index (χ1) is 19.6. The Bertz CT molecular complexity index is 1640. The molecule has 3 aliphatic rings. The van der Waals surface area contributed by atoms with Gasteiger partial charge in [-0.2, -0.15) is 18.9 Å². The minimum atomic E-state index is -1.53. The van der Waals surface area contributed by atoms with Crippen molar-refractivity contribution in [1.82, 2.24) is 0 Å². The summed E-state index contributed by atoms with van der Waals surface area (Å²) in [5.74, 6) is 1.65. The first kappa shape index (κ1) is 28.7. The highest BCUT2D eigenvalue weighted by Crippen LogP contribution is 2.59. The maximum Gasteiger partial charge on any atom is 0.0113 e. The standard InChI is InChI=1S/C40H47I/c1-9-26(2)28-17-19-29(20-18-28)35-23-24-40(6)25-30(21-22-36(40)39(35,4)5)38(41(7)8)34-16-12-15-32-27(3)31-13-10-11-14-33(31)37(32)34/h10-20,22-23,26-27,30H,7,9,21,24-25H2,1-6,8H3/t26?,27?,30-,40+/m1/s1. The lowest BCUT2D eigenvalue weighted by Gasteiger charge is -2.50. The van der Waals surface area contributed by atoms with Gasteiger partial charge in [-0.05, 0) is 95.9 Å². The van der Waals surface area contributed by atoms with Crippen molar-refractivity contribution in [2.75, 3.05) is 4.93 Å². The summed E-state index contributed by atoms with van der Waals surface area (Å²) in [5.41, 5.74) is 13.7. The van der Waals surface area contributed by atoms with Gasteiger partial charge in [0.2, 0.25) is 0 Å². The number of alkyl halides is 1. The summed E-state index contributed by atoms with van der Waals surface area (Å²) in [4.78, 5) is 2.47. The first-order valence-corrected chi connectivity index (χ1v) is 20.3. The fourth-order valence-electron chi connectivity index (χ4n) is 8.43. The van der Waals surface area contributed by atoms with Crippen LogP contribution in [0, 0.1) is 16.7 Å². The topological polar surface area (TPSA) is 0 Å². The van der Waals surface area contributed by atoms with Crippen molar-refractivity contribution >= 4 is 32.5 Å². The van der Waals surface area contributed by atoms with E-state index in [1.807, 2.05) is 0 Å². The average Bonchev–Trinajstić information content (AvgIpc) is 3.25. The molecule has 41 heavy (non-hydrogen) atoms. The maximum atomic E-state index is 4.81. The van der Waals surface area contributed by atoms with Gasteiger partial charge in [0.05, 0.1) is 0 Å². The molecule has 0 aliphatic heterocycles. The third-order valence-electron chi connectivity index (χ3n) is 10.7. The SMILES string of the molecule is C=I(/C)=C(\c1cccc2c1-c1ccccc1C2C)[C@@H]1CC=C2C(C)(C)C(c3ccc(C(C)CC)cc3)=CC[C@@]2(C)C1. The van der Waals surface area contributed by atoms with Gasteiger partial charge in [-0.15, -0.1) is 0 Å². The van der Waals surface area contributed by atoms with Crippen LogP contribution in [0.5, 0.6) is 0 Å². The molecule has 214 valence electrons. The molecule has 4 atom stereocenters. The molecule has 0 N–H and O–H groups in total. The highest BCUT2D eigenvalue weighted by atomic mass is 127. The van der Waals surface area contributed by atoms with Crippen LogP contribution in [0.4, 0.5) is 0 Å². The van der Waals surface area contributed by atoms with Crippen LogP contribution in [0.3, 0.4) is 0 Å². The van der Waals surface area contributed by atoms with Gasteiger partial charge in [-0.1, -0.05) is 131 Å². The van der Waals surface area contributed by atoms with E-state index in [9.17, 15) is 0 Å². The van der Waals surface area contributed by atoms with Crippen LogP contribution >= 0.6 is 18.9 Å². The molecule has 3 aromatic rings. The minimum Gasteiger partial charge on any atom is -0.156 e. The zero-order valence-corrected chi connectivity index (χ0v) is 28.3.